The average Bonchev–Trinajstić information content (AvgIpc) is 3.08. The van der Waals surface area contributed by atoms with Crippen molar-refractivity contribution in [1.82, 2.24) is 14.1 Å². The molecule has 3 rings (SSSR count). The zero-order valence-electron chi connectivity index (χ0n) is 14.2. The maximum absolute atomic E-state index is 12.6. The van der Waals surface area contributed by atoms with Crippen LogP contribution in [0.25, 0.3) is 0 Å². The van der Waals surface area contributed by atoms with Gasteiger partial charge in [0.25, 0.3) is 10.0 Å². The number of piperazine rings is 1. The molecule has 3 heterocycles. The summed E-state index contributed by atoms with van der Waals surface area (Å²) >= 11 is 6.95. The number of hydrogen-bond acceptors (Lipinski definition) is 5. The van der Waals surface area contributed by atoms with Crippen LogP contribution in [-0.4, -0.2) is 74.2 Å². The Balaban J connectivity index is 1.46. The van der Waals surface area contributed by atoms with Crippen molar-refractivity contribution < 1.29 is 13.2 Å². The van der Waals surface area contributed by atoms with Gasteiger partial charge in [-0.2, -0.15) is 4.31 Å². The van der Waals surface area contributed by atoms with Gasteiger partial charge in [0, 0.05) is 52.2 Å². The largest absolute Gasteiger partial charge is 0.343 e. The third kappa shape index (κ3) is 4.74. The molecule has 140 valence electrons. The van der Waals surface area contributed by atoms with E-state index in [0.717, 1.165) is 37.3 Å². The molecule has 0 aliphatic carbocycles. The highest BCUT2D eigenvalue weighted by Gasteiger charge is 2.30. The normalized spacial score (nSPS) is 20.8. The molecule has 2 fully saturated rings. The number of likely N-dealkylation sites (tertiary alicyclic amines) is 1. The molecule has 1 amide bonds. The summed E-state index contributed by atoms with van der Waals surface area (Å²) < 4.78 is 27.4. The Kier molecular flexibility index (Phi) is 6.38. The molecule has 6 nitrogen and oxygen atoms in total. The number of rotatable bonds is 5. The first-order chi connectivity index (χ1) is 12.0. The summed E-state index contributed by atoms with van der Waals surface area (Å²) in [6, 6.07) is 3.17. The highest BCUT2D eigenvalue weighted by Crippen LogP contribution is 2.28. The monoisotopic (exact) mass is 405 g/mol. The van der Waals surface area contributed by atoms with Crippen LogP contribution >= 0.6 is 22.9 Å². The van der Waals surface area contributed by atoms with E-state index >= 15 is 0 Å². The summed E-state index contributed by atoms with van der Waals surface area (Å²) in [7, 11) is -3.45. The number of nitrogens with zero attached hydrogens (tertiary/aromatic N) is 3. The standard InChI is InChI=1S/C16H24ClN3O3S2/c17-14-4-5-16(24-14)25(22,23)20-12-10-18(11-13-20)9-6-15(21)19-7-2-1-3-8-19/h4-5H,1-3,6-13H2. The van der Waals surface area contributed by atoms with Crippen molar-refractivity contribution in [2.24, 2.45) is 0 Å². The first kappa shape index (κ1) is 19.1. The fourth-order valence-corrected chi connectivity index (χ4v) is 6.37. The summed E-state index contributed by atoms with van der Waals surface area (Å²) in [6.45, 7) is 4.69. The summed E-state index contributed by atoms with van der Waals surface area (Å²) in [5.74, 6) is 0.225. The van der Waals surface area contributed by atoms with E-state index in [9.17, 15) is 13.2 Å². The molecule has 1 aromatic heterocycles. The van der Waals surface area contributed by atoms with Gasteiger partial charge in [0.05, 0.1) is 4.34 Å². The van der Waals surface area contributed by atoms with E-state index in [-0.39, 0.29) is 5.91 Å². The van der Waals surface area contributed by atoms with E-state index in [2.05, 4.69) is 4.90 Å². The SMILES string of the molecule is O=C(CCN1CCN(S(=O)(=O)c2ccc(Cl)s2)CC1)N1CCCCC1. The average molecular weight is 406 g/mol. The Morgan fingerprint density at radius 2 is 1.72 bits per heavy atom. The number of piperidine rings is 1. The lowest BCUT2D eigenvalue weighted by molar-refractivity contribution is -0.132. The number of thiophene rings is 1. The molecule has 0 radical (unpaired) electrons. The van der Waals surface area contributed by atoms with Gasteiger partial charge in [-0.05, 0) is 31.4 Å². The van der Waals surface area contributed by atoms with Crippen LogP contribution < -0.4 is 0 Å². The van der Waals surface area contributed by atoms with Crippen molar-refractivity contribution in [3.8, 4) is 0 Å². The third-order valence-corrected chi connectivity index (χ3v) is 8.42. The molecule has 0 atom stereocenters. The highest BCUT2D eigenvalue weighted by atomic mass is 35.5. The van der Waals surface area contributed by atoms with Gasteiger partial charge in [-0.25, -0.2) is 8.42 Å². The minimum Gasteiger partial charge on any atom is -0.343 e. The Bertz CT molecular complexity index is 693. The van der Waals surface area contributed by atoms with Crippen LogP contribution in [0.3, 0.4) is 0 Å². The summed E-state index contributed by atoms with van der Waals surface area (Å²) in [5, 5.41) is 0. The predicted molar refractivity (Wildman–Crippen MR) is 99.6 cm³/mol. The second-order valence-corrected chi connectivity index (χ2v) is 10.4. The molecule has 0 aromatic carbocycles. The molecule has 0 unspecified atom stereocenters. The number of halogens is 1. The molecular weight excluding hydrogens is 382 g/mol. The molecule has 2 saturated heterocycles. The van der Waals surface area contributed by atoms with E-state index in [1.54, 1.807) is 12.1 Å². The zero-order chi connectivity index (χ0) is 17.9. The van der Waals surface area contributed by atoms with E-state index in [1.807, 2.05) is 4.90 Å². The maximum Gasteiger partial charge on any atom is 0.252 e. The lowest BCUT2D eigenvalue weighted by atomic mass is 10.1. The number of carbonyl (C=O) groups is 1. The van der Waals surface area contributed by atoms with Crippen molar-refractivity contribution in [2.45, 2.75) is 29.9 Å². The quantitative estimate of drug-likeness (QED) is 0.752. The van der Waals surface area contributed by atoms with Crippen LogP contribution in [0, 0.1) is 0 Å². The highest BCUT2D eigenvalue weighted by molar-refractivity contribution is 7.91. The lowest BCUT2D eigenvalue weighted by Gasteiger charge is -2.34. The van der Waals surface area contributed by atoms with Gasteiger partial charge in [-0.1, -0.05) is 11.6 Å². The molecule has 9 heteroatoms. The van der Waals surface area contributed by atoms with Gasteiger partial charge in [-0.3, -0.25) is 4.79 Å². The molecule has 0 saturated carbocycles. The fraction of sp³-hybridized carbons (Fsp3) is 0.688. The molecule has 2 aliphatic heterocycles. The van der Waals surface area contributed by atoms with Gasteiger partial charge in [0.1, 0.15) is 4.21 Å². The van der Waals surface area contributed by atoms with Gasteiger partial charge in [0.15, 0.2) is 0 Å². The minimum atomic E-state index is -3.45. The van der Waals surface area contributed by atoms with E-state index in [0.29, 0.717) is 47.7 Å². The molecule has 0 N–H and O–H groups in total. The van der Waals surface area contributed by atoms with Gasteiger partial charge < -0.3 is 9.80 Å². The zero-order valence-corrected chi connectivity index (χ0v) is 16.6. The van der Waals surface area contributed by atoms with Crippen LogP contribution in [0.15, 0.2) is 16.3 Å². The molecule has 0 spiro atoms. The van der Waals surface area contributed by atoms with Crippen molar-refractivity contribution >= 4 is 38.9 Å². The Morgan fingerprint density at radius 3 is 2.32 bits per heavy atom. The number of sulfonamides is 1. The van der Waals surface area contributed by atoms with Gasteiger partial charge in [0.2, 0.25) is 5.91 Å². The summed E-state index contributed by atoms with van der Waals surface area (Å²) in [6.07, 6.45) is 3.95. The minimum absolute atomic E-state index is 0.225. The molecule has 1 aromatic rings. The molecule has 0 bridgehead atoms. The second kappa shape index (κ2) is 8.35. The van der Waals surface area contributed by atoms with Crippen molar-refractivity contribution in [2.75, 3.05) is 45.8 Å². The fourth-order valence-electron chi connectivity index (χ4n) is 3.31. The van der Waals surface area contributed by atoms with Crippen LogP contribution in [-0.2, 0) is 14.8 Å². The van der Waals surface area contributed by atoms with E-state index in [4.69, 9.17) is 11.6 Å². The van der Waals surface area contributed by atoms with Crippen molar-refractivity contribution in [3.63, 3.8) is 0 Å². The van der Waals surface area contributed by atoms with Crippen LogP contribution in [0.4, 0.5) is 0 Å². The van der Waals surface area contributed by atoms with Gasteiger partial charge >= 0.3 is 0 Å². The Labute approximate surface area is 158 Å². The second-order valence-electron chi connectivity index (χ2n) is 6.50. The smallest absolute Gasteiger partial charge is 0.252 e. The van der Waals surface area contributed by atoms with Crippen LogP contribution in [0.5, 0.6) is 0 Å². The van der Waals surface area contributed by atoms with Crippen LogP contribution in [0.2, 0.25) is 4.34 Å². The predicted octanol–water partition coefficient (Wildman–Crippen LogP) is 2.11. The van der Waals surface area contributed by atoms with Crippen molar-refractivity contribution in [1.29, 1.82) is 0 Å². The third-order valence-electron chi connectivity index (χ3n) is 4.82. The van der Waals surface area contributed by atoms with Gasteiger partial charge in [-0.15, -0.1) is 11.3 Å². The Morgan fingerprint density at radius 1 is 1.04 bits per heavy atom. The first-order valence-electron chi connectivity index (χ1n) is 8.72. The first-order valence-corrected chi connectivity index (χ1v) is 11.4. The Hall–Kier alpha value is -0.670. The number of hydrogen-bond donors (Lipinski definition) is 0. The molecular formula is C16H24ClN3O3S2. The summed E-state index contributed by atoms with van der Waals surface area (Å²) in [4.78, 5) is 16.4. The summed E-state index contributed by atoms with van der Waals surface area (Å²) in [5.41, 5.74) is 0. The molecule has 25 heavy (non-hydrogen) atoms. The maximum atomic E-state index is 12.6. The number of carbonyl (C=O) groups excluding carboxylic acids is 1. The lowest BCUT2D eigenvalue weighted by Crippen LogP contribution is -2.49. The van der Waals surface area contributed by atoms with Crippen molar-refractivity contribution in [3.05, 3.63) is 16.5 Å². The van der Waals surface area contributed by atoms with E-state index in [1.165, 1.54) is 10.7 Å². The number of amides is 1. The molecule has 2 aliphatic rings. The van der Waals surface area contributed by atoms with E-state index < -0.39 is 10.0 Å². The topological polar surface area (TPSA) is 60.9 Å². The van der Waals surface area contributed by atoms with Crippen LogP contribution in [0.1, 0.15) is 25.7 Å².